The van der Waals surface area contributed by atoms with E-state index in [1.165, 1.54) is 16.2 Å². The molecule has 29 heavy (non-hydrogen) atoms. The minimum atomic E-state index is -0.898. The highest BCUT2D eigenvalue weighted by atomic mass is 16.4. The van der Waals surface area contributed by atoms with Crippen LogP contribution < -0.4 is 0 Å². The van der Waals surface area contributed by atoms with E-state index in [1.54, 1.807) is 0 Å². The third-order valence-corrected chi connectivity index (χ3v) is 5.94. The second-order valence-corrected chi connectivity index (χ2v) is 7.49. The van der Waals surface area contributed by atoms with Crippen LogP contribution in [0.5, 0.6) is 0 Å². The summed E-state index contributed by atoms with van der Waals surface area (Å²) in [4.78, 5) is 12.1. The number of hydrogen-bond donors (Lipinski definition) is 1. The van der Waals surface area contributed by atoms with Crippen molar-refractivity contribution < 1.29 is 9.90 Å². The molecule has 2 nitrogen and oxygen atoms in total. The van der Waals surface area contributed by atoms with Crippen LogP contribution in [0.1, 0.15) is 10.4 Å². The lowest BCUT2D eigenvalue weighted by Gasteiger charge is -2.14. The van der Waals surface area contributed by atoms with Crippen LogP contribution in [0.2, 0.25) is 0 Å². The van der Waals surface area contributed by atoms with Gasteiger partial charge in [0.25, 0.3) is 0 Å². The number of hydrogen-bond acceptors (Lipinski definition) is 1. The van der Waals surface area contributed by atoms with Crippen molar-refractivity contribution in [3.05, 3.63) is 96.6 Å². The van der Waals surface area contributed by atoms with Crippen LogP contribution in [0, 0.1) is 0 Å². The average Bonchev–Trinajstić information content (AvgIpc) is 2.77. The smallest absolute Gasteiger partial charge is 0.336 e. The first-order valence-corrected chi connectivity index (χ1v) is 9.64. The minimum Gasteiger partial charge on any atom is -0.478 e. The summed E-state index contributed by atoms with van der Waals surface area (Å²) in [6.07, 6.45) is 0. The molecule has 0 radical (unpaired) electrons. The fourth-order valence-corrected chi connectivity index (χ4v) is 4.68. The third-order valence-electron chi connectivity index (χ3n) is 5.94. The SMILES string of the molecule is O=C(O)c1cc2ccc3ccc4ccccc4c3c2c2c1ccc1ccccc12. The van der Waals surface area contributed by atoms with E-state index in [-0.39, 0.29) is 0 Å². The summed E-state index contributed by atoms with van der Waals surface area (Å²) >= 11 is 0. The summed E-state index contributed by atoms with van der Waals surface area (Å²) in [6.45, 7) is 0. The van der Waals surface area contributed by atoms with Crippen molar-refractivity contribution in [3.8, 4) is 0 Å². The van der Waals surface area contributed by atoms with E-state index in [9.17, 15) is 9.90 Å². The van der Waals surface area contributed by atoms with Crippen LogP contribution >= 0.6 is 0 Å². The van der Waals surface area contributed by atoms with E-state index >= 15 is 0 Å². The Balaban J connectivity index is 2.03. The summed E-state index contributed by atoms with van der Waals surface area (Å²) in [5.74, 6) is -0.898. The molecule has 0 atom stereocenters. The summed E-state index contributed by atoms with van der Waals surface area (Å²) in [6, 6.07) is 30.8. The highest BCUT2D eigenvalue weighted by Gasteiger charge is 2.17. The number of fused-ring (bicyclic) bond motifs is 9. The van der Waals surface area contributed by atoms with Gasteiger partial charge >= 0.3 is 5.97 Å². The first kappa shape index (κ1) is 16.1. The van der Waals surface area contributed by atoms with Crippen LogP contribution in [-0.4, -0.2) is 11.1 Å². The zero-order valence-electron chi connectivity index (χ0n) is 15.5. The maximum atomic E-state index is 12.1. The first-order valence-electron chi connectivity index (χ1n) is 9.64. The highest BCUT2D eigenvalue weighted by Crippen LogP contribution is 2.40. The molecule has 0 amide bonds. The van der Waals surface area contributed by atoms with Crippen molar-refractivity contribution in [1.82, 2.24) is 0 Å². The summed E-state index contributed by atoms with van der Waals surface area (Å²) in [5.41, 5.74) is 0.345. The lowest BCUT2D eigenvalue weighted by Crippen LogP contribution is -1.99. The van der Waals surface area contributed by atoms with Gasteiger partial charge in [0.2, 0.25) is 0 Å². The molecule has 0 unspecified atom stereocenters. The Morgan fingerprint density at radius 3 is 1.76 bits per heavy atom. The molecule has 0 saturated heterocycles. The van der Waals surface area contributed by atoms with Crippen molar-refractivity contribution in [2.24, 2.45) is 0 Å². The molecule has 6 rings (SSSR count). The van der Waals surface area contributed by atoms with Crippen molar-refractivity contribution in [3.63, 3.8) is 0 Å². The Labute approximate surface area is 166 Å². The van der Waals surface area contributed by atoms with Gasteiger partial charge in [0, 0.05) is 0 Å². The van der Waals surface area contributed by atoms with Gasteiger partial charge in [-0.25, -0.2) is 4.79 Å². The molecule has 0 fully saturated rings. The molecule has 0 heterocycles. The molecule has 0 aliphatic carbocycles. The second kappa shape index (κ2) is 5.79. The number of carbonyl (C=O) groups is 1. The number of carboxylic acid groups (broad SMARTS) is 1. The average molecular weight is 372 g/mol. The fourth-order valence-electron chi connectivity index (χ4n) is 4.68. The van der Waals surface area contributed by atoms with E-state index in [0.29, 0.717) is 5.56 Å². The lowest BCUT2D eigenvalue weighted by atomic mass is 9.88. The van der Waals surface area contributed by atoms with Crippen LogP contribution in [0.25, 0.3) is 53.9 Å². The first-order chi connectivity index (χ1) is 14.2. The molecule has 0 saturated carbocycles. The van der Waals surface area contributed by atoms with Gasteiger partial charge in [0.1, 0.15) is 0 Å². The van der Waals surface area contributed by atoms with E-state index in [4.69, 9.17) is 0 Å². The standard InChI is InChI=1S/C27H16O2/c28-27(29)23-15-19-12-11-18-10-9-16-5-1-3-7-20(16)24(18)25(19)26-21-8-4-2-6-17(21)13-14-22(23)26/h1-15H,(H,28,29). The topological polar surface area (TPSA) is 37.3 Å². The largest absolute Gasteiger partial charge is 0.478 e. The fraction of sp³-hybridized carbons (Fsp3) is 0. The Kier molecular flexibility index (Phi) is 3.21. The molecule has 0 aliphatic rings. The van der Waals surface area contributed by atoms with Crippen LogP contribution in [0.3, 0.4) is 0 Å². The van der Waals surface area contributed by atoms with Gasteiger partial charge in [0.15, 0.2) is 0 Å². The molecule has 2 heteroatoms. The maximum Gasteiger partial charge on any atom is 0.336 e. The van der Waals surface area contributed by atoms with Crippen LogP contribution in [0.15, 0.2) is 91.0 Å². The van der Waals surface area contributed by atoms with Gasteiger partial charge in [-0.05, 0) is 59.9 Å². The van der Waals surface area contributed by atoms with Crippen molar-refractivity contribution >= 4 is 59.8 Å². The predicted molar refractivity (Wildman–Crippen MR) is 121 cm³/mol. The molecule has 6 aromatic carbocycles. The van der Waals surface area contributed by atoms with Crippen molar-refractivity contribution in [2.75, 3.05) is 0 Å². The highest BCUT2D eigenvalue weighted by molar-refractivity contribution is 6.34. The van der Waals surface area contributed by atoms with Gasteiger partial charge in [-0.2, -0.15) is 0 Å². The van der Waals surface area contributed by atoms with Crippen molar-refractivity contribution in [2.45, 2.75) is 0 Å². The van der Waals surface area contributed by atoms with Gasteiger partial charge < -0.3 is 5.11 Å². The molecule has 0 aromatic heterocycles. The zero-order valence-corrected chi connectivity index (χ0v) is 15.5. The molecular formula is C27H16O2. The summed E-state index contributed by atoms with van der Waals surface area (Å²) in [7, 11) is 0. The Morgan fingerprint density at radius 1 is 0.517 bits per heavy atom. The normalized spacial score (nSPS) is 11.7. The number of rotatable bonds is 1. The van der Waals surface area contributed by atoms with Crippen LogP contribution in [-0.2, 0) is 0 Å². The van der Waals surface area contributed by atoms with E-state index < -0.39 is 5.97 Å². The Morgan fingerprint density at radius 2 is 1.07 bits per heavy atom. The minimum absolute atomic E-state index is 0.345. The third kappa shape index (κ3) is 2.20. The molecule has 136 valence electrons. The van der Waals surface area contributed by atoms with Gasteiger partial charge in [0.05, 0.1) is 5.56 Å². The van der Waals surface area contributed by atoms with Crippen molar-refractivity contribution in [1.29, 1.82) is 0 Å². The summed E-state index contributed by atoms with van der Waals surface area (Å²) in [5, 5.41) is 20.7. The Hall–Kier alpha value is -3.91. The number of aromatic carboxylic acids is 1. The molecule has 0 spiro atoms. The molecule has 1 N–H and O–H groups in total. The number of carboxylic acids is 1. The quantitative estimate of drug-likeness (QED) is 0.311. The summed E-state index contributed by atoms with van der Waals surface area (Å²) < 4.78 is 0. The molecular weight excluding hydrogens is 356 g/mol. The molecule has 6 aromatic rings. The Bertz CT molecular complexity index is 1630. The van der Waals surface area contributed by atoms with Gasteiger partial charge in [-0.3, -0.25) is 0 Å². The van der Waals surface area contributed by atoms with E-state index in [0.717, 1.165) is 37.7 Å². The lowest BCUT2D eigenvalue weighted by molar-refractivity contribution is 0.0699. The van der Waals surface area contributed by atoms with Gasteiger partial charge in [-0.15, -0.1) is 0 Å². The van der Waals surface area contributed by atoms with Crippen LogP contribution in [0.4, 0.5) is 0 Å². The zero-order chi connectivity index (χ0) is 19.5. The maximum absolute atomic E-state index is 12.1. The van der Waals surface area contributed by atoms with Gasteiger partial charge in [-0.1, -0.05) is 84.9 Å². The molecule has 0 aliphatic heterocycles. The van der Waals surface area contributed by atoms with E-state index in [2.05, 4.69) is 54.6 Å². The molecule has 0 bridgehead atoms. The van der Waals surface area contributed by atoms with E-state index in [1.807, 2.05) is 36.4 Å². The number of benzene rings is 6. The monoisotopic (exact) mass is 372 g/mol. The predicted octanol–water partition coefficient (Wildman–Crippen LogP) is 7.15. The second-order valence-electron chi connectivity index (χ2n) is 7.49.